The minimum Gasteiger partial charge on any atom is -0.467 e. The molecule has 0 bridgehead atoms. The monoisotopic (exact) mass is 667 g/mol. The Morgan fingerprint density at radius 2 is 1.83 bits per heavy atom. The lowest BCUT2D eigenvalue weighted by Gasteiger charge is -2.37. The van der Waals surface area contributed by atoms with Crippen molar-refractivity contribution in [1.29, 1.82) is 5.26 Å². The molecular weight excluding hydrogens is 631 g/mol. The van der Waals surface area contributed by atoms with Crippen LogP contribution in [0.3, 0.4) is 0 Å². The zero-order valence-corrected chi connectivity index (χ0v) is 27.8. The summed E-state index contributed by atoms with van der Waals surface area (Å²) in [5, 5.41) is 14.4. The van der Waals surface area contributed by atoms with Crippen molar-refractivity contribution in [3.05, 3.63) is 99.0 Å². The highest BCUT2D eigenvalue weighted by molar-refractivity contribution is 6.31. The van der Waals surface area contributed by atoms with E-state index in [-0.39, 0.29) is 50.8 Å². The Labute approximate surface area is 278 Å². The van der Waals surface area contributed by atoms with Gasteiger partial charge in [0.05, 0.1) is 24.2 Å². The number of nitrogens with zero attached hydrogens (tertiary/aromatic N) is 2. The van der Waals surface area contributed by atoms with Crippen molar-refractivity contribution in [1.82, 2.24) is 5.32 Å². The maximum Gasteiger partial charge on any atom is 0.328 e. The van der Waals surface area contributed by atoms with Gasteiger partial charge < -0.3 is 15.0 Å². The summed E-state index contributed by atoms with van der Waals surface area (Å²) in [6.45, 7) is 6.69. The fourth-order valence-corrected chi connectivity index (χ4v) is 7.52. The predicted molar refractivity (Wildman–Crippen MR) is 175 cm³/mol. The number of carbonyl (C=O) groups excluding carboxylic acids is 2. The second kappa shape index (κ2) is 13.3. The largest absolute Gasteiger partial charge is 0.467 e. The minimum atomic E-state index is -1.68. The Balaban J connectivity index is 1.57. The van der Waals surface area contributed by atoms with Crippen LogP contribution < -0.4 is 10.2 Å². The van der Waals surface area contributed by atoms with Crippen LogP contribution in [0.15, 0.2) is 60.7 Å². The molecule has 3 aromatic rings. The van der Waals surface area contributed by atoms with Gasteiger partial charge >= 0.3 is 5.97 Å². The molecule has 2 heterocycles. The average Bonchev–Trinajstić information content (AvgIpc) is 3.62. The van der Waals surface area contributed by atoms with Crippen molar-refractivity contribution in [2.24, 2.45) is 5.41 Å². The molecule has 6 nitrogen and oxygen atoms in total. The van der Waals surface area contributed by atoms with E-state index in [1.807, 2.05) is 49.9 Å². The van der Waals surface area contributed by atoms with Crippen LogP contribution in [0.5, 0.6) is 0 Å². The van der Waals surface area contributed by atoms with E-state index in [9.17, 15) is 14.9 Å². The lowest BCUT2D eigenvalue weighted by molar-refractivity contribution is -0.141. The number of nitrogens with one attached hydrogen (secondary N) is 1. The fraction of sp³-hybridized carbons (Fsp3) is 0.417. The van der Waals surface area contributed by atoms with Gasteiger partial charge in [-0.25, -0.2) is 13.6 Å². The predicted octanol–water partition coefficient (Wildman–Crippen LogP) is 7.55. The van der Waals surface area contributed by atoms with Crippen LogP contribution in [0.1, 0.15) is 62.6 Å². The molecule has 242 valence electrons. The highest BCUT2D eigenvalue weighted by atomic mass is 35.5. The first kappa shape index (κ1) is 33.8. The van der Waals surface area contributed by atoms with Gasteiger partial charge in [-0.05, 0) is 66.1 Å². The van der Waals surface area contributed by atoms with Gasteiger partial charge in [0, 0.05) is 41.2 Å². The first-order valence-electron chi connectivity index (χ1n) is 15.3. The Bertz CT molecular complexity index is 1670. The summed E-state index contributed by atoms with van der Waals surface area (Å²) in [7, 11) is 1.38. The normalized spacial score (nSPS) is 24.5. The highest BCUT2D eigenvalue weighted by Crippen LogP contribution is 2.53. The Morgan fingerprint density at radius 3 is 2.46 bits per heavy atom. The fourth-order valence-electron chi connectivity index (χ4n) is 7.18. The summed E-state index contributed by atoms with van der Waals surface area (Å²) in [6, 6.07) is 16.2. The number of hydrogen-bond donors (Lipinski definition) is 1. The zero-order valence-electron chi connectivity index (χ0n) is 26.2. The van der Waals surface area contributed by atoms with Gasteiger partial charge in [0.25, 0.3) is 0 Å². The lowest BCUT2D eigenvalue weighted by atomic mass is 9.62. The SMILES string of the molecule is COC(=O)C1CCCN1c1ccc(CC(=O)[C@@H]2N[C@@H](CC(C)(C)C)[C@](C#N)(c3ccc(Cl)cc3F)[C@H]2c2cccc(Cl)c2F)cc1. The molecule has 5 rings (SSSR count). The van der Waals surface area contributed by atoms with Crippen LogP contribution in [0.2, 0.25) is 10.0 Å². The third-order valence-corrected chi connectivity index (χ3v) is 9.70. The van der Waals surface area contributed by atoms with E-state index in [0.29, 0.717) is 24.9 Å². The Kier molecular flexibility index (Phi) is 9.79. The molecule has 0 aromatic heterocycles. The van der Waals surface area contributed by atoms with E-state index in [4.69, 9.17) is 27.9 Å². The second-order valence-electron chi connectivity index (χ2n) is 13.4. The lowest BCUT2D eigenvalue weighted by Crippen LogP contribution is -2.44. The summed E-state index contributed by atoms with van der Waals surface area (Å²) < 4.78 is 36.7. The number of hydrogen-bond acceptors (Lipinski definition) is 6. The summed E-state index contributed by atoms with van der Waals surface area (Å²) >= 11 is 12.4. The van der Waals surface area contributed by atoms with Gasteiger partial charge in [0.1, 0.15) is 23.1 Å². The highest BCUT2D eigenvalue weighted by Gasteiger charge is 2.60. The van der Waals surface area contributed by atoms with Crippen LogP contribution in [0.4, 0.5) is 14.5 Å². The van der Waals surface area contributed by atoms with Crippen LogP contribution in [0, 0.1) is 28.4 Å². The molecule has 10 heteroatoms. The van der Waals surface area contributed by atoms with E-state index in [1.165, 1.54) is 31.4 Å². The number of esters is 1. The molecule has 5 atom stereocenters. The standard InChI is InChI=1S/C36H37Cl2F2N3O3/c1-35(2,3)19-30-36(20-41,25-15-12-22(37)18-27(25)39)31(24-7-5-8-26(38)32(24)40)33(42-30)29(44)17-21-10-13-23(14-11-21)43-16-6-9-28(43)34(45)46-4/h5,7-8,10-15,18,28,30-31,33,42H,6,9,16-17,19H2,1-4H3/t28?,30-,31-,33-,36-/m0/s1. The van der Waals surface area contributed by atoms with Crippen molar-refractivity contribution < 1.29 is 23.1 Å². The summed E-state index contributed by atoms with van der Waals surface area (Å²) in [6.07, 6.45) is 1.92. The number of Topliss-reactive ketones (excluding diaryl/α,β-unsaturated/α-hetero) is 1. The number of ether oxygens (including phenoxy) is 1. The first-order chi connectivity index (χ1) is 21.8. The van der Waals surface area contributed by atoms with Crippen LogP contribution in [0.25, 0.3) is 0 Å². The number of rotatable bonds is 8. The second-order valence-corrected chi connectivity index (χ2v) is 14.2. The molecule has 0 radical (unpaired) electrons. The average molecular weight is 669 g/mol. The van der Waals surface area contributed by atoms with Crippen LogP contribution in [-0.4, -0.2) is 43.5 Å². The smallest absolute Gasteiger partial charge is 0.328 e. The maximum absolute atomic E-state index is 15.9. The van der Waals surface area contributed by atoms with Crippen molar-refractivity contribution in [3.8, 4) is 6.07 Å². The number of methoxy groups -OCH3 is 1. The molecular formula is C36H37Cl2F2N3O3. The number of halogens is 4. The summed E-state index contributed by atoms with van der Waals surface area (Å²) in [4.78, 5) is 28.6. The molecule has 0 amide bonds. The van der Waals surface area contributed by atoms with E-state index in [1.54, 1.807) is 6.07 Å². The third kappa shape index (κ3) is 6.38. The summed E-state index contributed by atoms with van der Waals surface area (Å²) in [5.41, 5.74) is -0.384. The van der Waals surface area contributed by atoms with E-state index in [0.717, 1.165) is 18.2 Å². The molecule has 3 aromatic carbocycles. The van der Waals surface area contributed by atoms with Gasteiger partial charge in [-0.15, -0.1) is 0 Å². The molecule has 2 fully saturated rings. The van der Waals surface area contributed by atoms with Gasteiger partial charge in [0.2, 0.25) is 0 Å². The quantitative estimate of drug-likeness (QED) is 0.250. The molecule has 1 unspecified atom stereocenters. The Morgan fingerprint density at radius 1 is 1.11 bits per heavy atom. The molecule has 0 saturated carbocycles. The number of carbonyl (C=O) groups is 2. The van der Waals surface area contributed by atoms with E-state index in [2.05, 4.69) is 11.4 Å². The van der Waals surface area contributed by atoms with Gasteiger partial charge in [0.15, 0.2) is 5.78 Å². The maximum atomic E-state index is 15.9. The van der Waals surface area contributed by atoms with E-state index >= 15 is 8.78 Å². The molecule has 1 N–H and O–H groups in total. The summed E-state index contributed by atoms with van der Waals surface area (Å²) in [5.74, 6) is -3.15. The van der Waals surface area contributed by atoms with Crippen LogP contribution in [-0.2, 0) is 26.2 Å². The number of ketones is 1. The first-order valence-corrected chi connectivity index (χ1v) is 16.1. The van der Waals surface area contributed by atoms with Crippen molar-refractivity contribution >= 4 is 40.6 Å². The number of nitriles is 1. The van der Waals surface area contributed by atoms with E-state index < -0.39 is 35.1 Å². The number of anilines is 1. The van der Waals surface area contributed by atoms with Gasteiger partial charge in [-0.1, -0.05) is 74.3 Å². The molecule has 0 spiro atoms. The van der Waals surface area contributed by atoms with Crippen LogP contribution >= 0.6 is 23.2 Å². The molecule has 46 heavy (non-hydrogen) atoms. The molecule has 2 aliphatic rings. The Hall–Kier alpha value is -3.51. The molecule has 0 aliphatic carbocycles. The minimum absolute atomic E-state index is 0.0239. The third-order valence-electron chi connectivity index (χ3n) is 9.17. The van der Waals surface area contributed by atoms with Gasteiger partial charge in [-0.3, -0.25) is 4.79 Å². The van der Waals surface area contributed by atoms with Crippen molar-refractivity contribution in [2.75, 3.05) is 18.6 Å². The topological polar surface area (TPSA) is 82.4 Å². The van der Waals surface area contributed by atoms with Crippen molar-refractivity contribution in [2.45, 2.75) is 75.9 Å². The number of benzene rings is 3. The zero-order chi connectivity index (χ0) is 33.4. The van der Waals surface area contributed by atoms with Crippen molar-refractivity contribution in [3.63, 3.8) is 0 Å². The molecule has 2 aliphatic heterocycles. The molecule has 2 saturated heterocycles. The van der Waals surface area contributed by atoms with Gasteiger partial charge in [-0.2, -0.15) is 5.26 Å².